The molecule has 0 radical (unpaired) electrons. The van der Waals surface area contributed by atoms with Crippen LogP contribution in [0.1, 0.15) is 39.5 Å². The van der Waals surface area contributed by atoms with Gasteiger partial charge in [0.2, 0.25) is 0 Å². The number of thiazole rings is 1. The van der Waals surface area contributed by atoms with Gasteiger partial charge in [-0.15, -0.1) is 11.3 Å². The lowest BCUT2D eigenvalue weighted by Gasteiger charge is -2.41. The van der Waals surface area contributed by atoms with E-state index in [1.165, 1.54) is 11.3 Å². The van der Waals surface area contributed by atoms with Crippen LogP contribution in [0.5, 0.6) is 0 Å². The van der Waals surface area contributed by atoms with Crippen LogP contribution in [0.4, 0.5) is 0 Å². The molecule has 7 heteroatoms. The molecular formula is C18H25N3O3S. The fraction of sp³-hybridized carbons (Fsp3) is 0.556. The van der Waals surface area contributed by atoms with Crippen LogP contribution < -0.4 is 0 Å². The standard InChI is InChI=1S/C18H25N3O3S/c1-3-16-17(25-13(2)19-16)18(23)21-8-7-20(14(11-21)6-9-22)12-15-5-4-10-24-15/h4-5,10,14,22H,3,6-9,11-12H2,1-2H3/t14-/m0/s1. The number of carbonyl (C=O) groups is 1. The van der Waals surface area contributed by atoms with E-state index >= 15 is 0 Å². The second-order valence-electron chi connectivity index (χ2n) is 6.33. The average molecular weight is 363 g/mol. The van der Waals surface area contributed by atoms with Gasteiger partial charge in [-0.25, -0.2) is 4.98 Å². The number of carbonyl (C=O) groups excluding carboxylic acids is 1. The van der Waals surface area contributed by atoms with Crippen molar-refractivity contribution >= 4 is 17.2 Å². The Bertz CT molecular complexity index is 698. The van der Waals surface area contributed by atoms with Crippen LogP contribution in [0.25, 0.3) is 0 Å². The first-order chi connectivity index (χ1) is 12.1. The molecule has 2 aromatic rings. The van der Waals surface area contributed by atoms with E-state index in [0.717, 1.165) is 34.3 Å². The molecule has 0 saturated carbocycles. The predicted molar refractivity (Wildman–Crippen MR) is 96.7 cm³/mol. The van der Waals surface area contributed by atoms with Gasteiger partial charge < -0.3 is 14.4 Å². The van der Waals surface area contributed by atoms with Crippen LogP contribution in [0.2, 0.25) is 0 Å². The number of piperazine rings is 1. The molecule has 0 bridgehead atoms. The zero-order chi connectivity index (χ0) is 17.8. The van der Waals surface area contributed by atoms with Crippen LogP contribution in [0, 0.1) is 6.92 Å². The highest BCUT2D eigenvalue weighted by molar-refractivity contribution is 7.13. The number of hydrogen-bond donors (Lipinski definition) is 1. The van der Waals surface area contributed by atoms with Gasteiger partial charge in [0, 0.05) is 32.3 Å². The molecule has 0 unspecified atom stereocenters. The maximum atomic E-state index is 13.0. The van der Waals surface area contributed by atoms with Crippen molar-refractivity contribution in [1.29, 1.82) is 0 Å². The first-order valence-electron chi connectivity index (χ1n) is 8.75. The first kappa shape index (κ1) is 18.1. The molecule has 1 atom stereocenters. The molecule has 1 aliphatic rings. The van der Waals surface area contributed by atoms with Crippen molar-refractivity contribution in [2.75, 3.05) is 26.2 Å². The Kier molecular flexibility index (Phi) is 5.88. The van der Waals surface area contributed by atoms with Crippen molar-refractivity contribution in [3.8, 4) is 0 Å². The lowest BCUT2D eigenvalue weighted by atomic mass is 10.1. The number of aliphatic hydroxyl groups is 1. The SMILES string of the molecule is CCc1nc(C)sc1C(=O)N1CCN(Cc2ccco2)[C@@H](CCO)C1. The molecular weight excluding hydrogens is 338 g/mol. The molecule has 3 rings (SSSR count). The summed E-state index contributed by atoms with van der Waals surface area (Å²) in [5.74, 6) is 0.983. The minimum atomic E-state index is 0.0723. The number of hydrogen-bond acceptors (Lipinski definition) is 6. The molecule has 1 amide bonds. The molecule has 1 saturated heterocycles. The summed E-state index contributed by atoms with van der Waals surface area (Å²) >= 11 is 1.48. The lowest BCUT2D eigenvalue weighted by Crippen LogP contribution is -2.54. The largest absolute Gasteiger partial charge is 0.468 e. The Balaban J connectivity index is 1.71. The summed E-state index contributed by atoms with van der Waals surface area (Å²) in [4.78, 5) is 22.4. The van der Waals surface area contributed by atoms with E-state index in [1.807, 2.05) is 30.9 Å². The molecule has 0 aromatic carbocycles. The number of nitrogens with zero attached hydrogens (tertiary/aromatic N) is 3. The third-order valence-corrected chi connectivity index (χ3v) is 5.63. The number of aliphatic hydroxyl groups excluding tert-OH is 1. The molecule has 3 heterocycles. The van der Waals surface area contributed by atoms with Gasteiger partial charge >= 0.3 is 0 Å². The van der Waals surface area contributed by atoms with Crippen LogP contribution in [0.3, 0.4) is 0 Å². The van der Waals surface area contributed by atoms with Crippen LogP contribution >= 0.6 is 11.3 Å². The van der Waals surface area contributed by atoms with Crippen molar-refractivity contribution in [1.82, 2.24) is 14.8 Å². The van der Waals surface area contributed by atoms with E-state index in [-0.39, 0.29) is 18.6 Å². The smallest absolute Gasteiger partial charge is 0.265 e. The number of furan rings is 1. The highest BCUT2D eigenvalue weighted by Gasteiger charge is 2.31. The fourth-order valence-corrected chi connectivity index (χ4v) is 4.31. The van der Waals surface area contributed by atoms with Crippen molar-refractivity contribution < 1.29 is 14.3 Å². The van der Waals surface area contributed by atoms with E-state index in [0.29, 0.717) is 26.1 Å². The summed E-state index contributed by atoms with van der Waals surface area (Å²) in [6.45, 7) is 6.87. The average Bonchev–Trinajstić information content (AvgIpc) is 3.25. The van der Waals surface area contributed by atoms with E-state index in [2.05, 4.69) is 9.88 Å². The zero-order valence-corrected chi connectivity index (χ0v) is 15.6. The summed E-state index contributed by atoms with van der Waals surface area (Å²) in [5.41, 5.74) is 0.893. The summed E-state index contributed by atoms with van der Waals surface area (Å²) in [6, 6.07) is 3.97. The first-order valence-corrected chi connectivity index (χ1v) is 9.56. The Labute approximate surface area is 152 Å². The predicted octanol–water partition coefficient (Wildman–Crippen LogP) is 2.32. The highest BCUT2D eigenvalue weighted by Crippen LogP contribution is 2.23. The Morgan fingerprint density at radius 1 is 1.48 bits per heavy atom. The van der Waals surface area contributed by atoms with E-state index in [9.17, 15) is 9.90 Å². The number of rotatable bonds is 6. The fourth-order valence-electron chi connectivity index (χ4n) is 3.33. The Morgan fingerprint density at radius 3 is 3.00 bits per heavy atom. The van der Waals surface area contributed by atoms with Gasteiger partial charge in [0.05, 0.1) is 23.5 Å². The van der Waals surface area contributed by atoms with Crippen molar-refractivity contribution in [3.63, 3.8) is 0 Å². The molecule has 0 spiro atoms. The molecule has 1 N–H and O–H groups in total. The van der Waals surface area contributed by atoms with Gasteiger partial charge in [0.1, 0.15) is 10.6 Å². The van der Waals surface area contributed by atoms with Gasteiger partial charge in [-0.3, -0.25) is 9.69 Å². The summed E-state index contributed by atoms with van der Waals surface area (Å²) in [7, 11) is 0. The normalized spacial score (nSPS) is 18.7. The Hall–Kier alpha value is -1.70. The molecule has 1 fully saturated rings. The minimum absolute atomic E-state index is 0.0723. The van der Waals surface area contributed by atoms with Gasteiger partial charge in [0.15, 0.2) is 0 Å². The molecule has 1 aliphatic heterocycles. The molecule has 2 aromatic heterocycles. The molecule has 6 nitrogen and oxygen atoms in total. The third kappa shape index (κ3) is 4.11. The van der Waals surface area contributed by atoms with Gasteiger partial charge in [0.25, 0.3) is 5.91 Å². The maximum Gasteiger partial charge on any atom is 0.265 e. The maximum absolute atomic E-state index is 13.0. The third-order valence-electron chi connectivity index (χ3n) is 4.63. The Morgan fingerprint density at radius 2 is 2.32 bits per heavy atom. The topological polar surface area (TPSA) is 69.8 Å². The van der Waals surface area contributed by atoms with E-state index < -0.39 is 0 Å². The van der Waals surface area contributed by atoms with Gasteiger partial charge in [-0.1, -0.05) is 6.92 Å². The molecule has 25 heavy (non-hydrogen) atoms. The van der Waals surface area contributed by atoms with E-state index in [1.54, 1.807) is 6.26 Å². The zero-order valence-electron chi connectivity index (χ0n) is 14.8. The summed E-state index contributed by atoms with van der Waals surface area (Å²) in [6.07, 6.45) is 3.09. The van der Waals surface area contributed by atoms with Crippen LogP contribution in [-0.4, -0.2) is 58.1 Å². The second kappa shape index (κ2) is 8.12. The second-order valence-corrected chi connectivity index (χ2v) is 7.53. The van der Waals surface area contributed by atoms with Crippen molar-refractivity contribution in [2.45, 2.75) is 39.3 Å². The van der Waals surface area contributed by atoms with E-state index in [4.69, 9.17) is 4.42 Å². The highest BCUT2D eigenvalue weighted by atomic mass is 32.1. The number of aryl methyl sites for hydroxylation is 2. The number of aromatic nitrogens is 1. The van der Waals surface area contributed by atoms with Gasteiger partial charge in [-0.05, 0) is 31.9 Å². The quantitative estimate of drug-likeness (QED) is 0.853. The lowest BCUT2D eigenvalue weighted by molar-refractivity contribution is 0.0375. The van der Waals surface area contributed by atoms with Crippen molar-refractivity contribution in [3.05, 3.63) is 39.7 Å². The summed E-state index contributed by atoms with van der Waals surface area (Å²) < 4.78 is 5.45. The van der Waals surface area contributed by atoms with Gasteiger partial charge in [-0.2, -0.15) is 0 Å². The summed E-state index contributed by atoms with van der Waals surface area (Å²) in [5, 5.41) is 10.4. The molecule has 136 valence electrons. The van der Waals surface area contributed by atoms with Crippen LogP contribution in [0.15, 0.2) is 22.8 Å². The molecule has 0 aliphatic carbocycles. The monoisotopic (exact) mass is 363 g/mol. The van der Waals surface area contributed by atoms with Crippen molar-refractivity contribution in [2.24, 2.45) is 0 Å². The van der Waals surface area contributed by atoms with Crippen LogP contribution in [-0.2, 0) is 13.0 Å². The minimum Gasteiger partial charge on any atom is -0.468 e. The number of amides is 1.